The van der Waals surface area contributed by atoms with Crippen LogP contribution in [0.15, 0.2) is 0 Å². The standard InChI is InChI=1S/C9H13BrN2O/c1-2-7(10)8(13)12-9(6-11)4-3-5-9/h7H,2-5H2,1H3,(H,12,13). The molecule has 13 heavy (non-hydrogen) atoms. The number of alkyl halides is 1. The predicted octanol–water partition coefficient (Wildman–Crippen LogP) is 1.72. The highest BCUT2D eigenvalue weighted by molar-refractivity contribution is 9.10. The third kappa shape index (κ3) is 2.22. The number of carbonyl (C=O) groups excluding carboxylic acids is 1. The van der Waals surface area contributed by atoms with Crippen molar-refractivity contribution in [2.24, 2.45) is 0 Å². The number of nitrogens with zero attached hydrogens (tertiary/aromatic N) is 1. The van der Waals surface area contributed by atoms with Gasteiger partial charge in [0.1, 0.15) is 5.54 Å². The first-order chi connectivity index (χ1) is 6.13. The maximum absolute atomic E-state index is 11.4. The Labute approximate surface area is 86.6 Å². The summed E-state index contributed by atoms with van der Waals surface area (Å²) in [5, 5.41) is 11.6. The zero-order chi connectivity index (χ0) is 9.90. The van der Waals surface area contributed by atoms with Crippen molar-refractivity contribution in [2.75, 3.05) is 0 Å². The quantitative estimate of drug-likeness (QED) is 0.769. The van der Waals surface area contributed by atoms with Crippen LogP contribution >= 0.6 is 15.9 Å². The minimum atomic E-state index is -0.557. The van der Waals surface area contributed by atoms with E-state index in [9.17, 15) is 4.79 Å². The molecule has 0 radical (unpaired) electrons. The monoisotopic (exact) mass is 244 g/mol. The number of hydrogen-bond acceptors (Lipinski definition) is 2. The molecule has 0 spiro atoms. The van der Waals surface area contributed by atoms with Crippen molar-refractivity contribution in [3.8, 4) is 6.07 Å². The maximum atomic E-state index is 11.4. The number of nitrogens with one attached hydrogen (secondary N) is 1. The summed E-state index contributed by atoms with van der Waals surface area (Å²) in [7, 11) is 0. The fourth-order valence-electron chi connectivity index (χ4n) is 1.29. The van der Waals surface area contributed by atoms with E-state index in [1.54, 1.807) is 0 Å². The van der Waals surface area contributed by atoms with Crippen molar-refractivity contribution in [3.63, 3.8) is 0 Å². The topological polar surface area (TPSA) is 52.9 Å². The molecule has 0 heterocycles. The molecule has 1 atom stereocenters. The average Bonchev–Trinajstić information content (AvgIpc) is 2.09. The summed E-state index contributed by atoms with van der Waals surface area (Å²) in [5.74, 6) is -0.0660. The lowest BCUT2D eigenvalue weighted by atomic mass is 9.78. The van der Waals surface area contributed by atoms with Crippen LogP contribution < -0.4 is 5.32 Å². The van der Waals surface area contributed by atoms with Gasteiger partial charge in [-0.05, 0) is 25.7 Å². The molecule has 4 heteroatoms. The van der Waals surface area contributed by atoms with Gasteiger partial charge >= 0.3 is 0 Å². The molecule has 0 saturated heterocycles. The van der Waals surface area contributed by atoms with Gasteiger partial charge in [-0.3, -0.25) is 4.79 Å². The Hall–Kier alpha value is -0.560. The van der Waals surface area contributed by atoms with Crippen LogP contribution in [0.4, 0.5) is 0 Å². The zero-order valence-electron chi connectivity index (χ0n) is 7.64. The Bertz CT molecular complexity index is 242. The van der Waals surface area contributed by atoms with Gasteiger partial charge in [0, 0.05) is 0 Å². The first-order valence-electron chi connectivity index (χ1n) is 4.51. The normalized spacial score (nSPS) is 21.0. The summed E-state index contributed by atoms with van der Waals surface area (Å²) in [6.45, 7) is 1.93. The minimum absolute atomic E-state index is 0.0660. The summed E-state index contributed by atoms with van der Waals surface area (Å²) in [5.41, 5.74) is -0.557. The molecule has 1 fully saturated rings. The van der Waals surface area contributed by atoms with Gasteiger partial charge in [0.25, 0.3) is 0 Å². The van der Waals surface area contributed by atoms with Gasteiger partial charge in [0.15, 0.2) is 0 Å². The van der Waals surface area contributed by atoms with Gasteiger partial charge in [-0.25, -0.2) is 0 Å². The van der Waals surface area contributed by atoms with Crippen molar-refractivity contribution >= 4 is 21.8 Å². The molecule has 72 valence electrons. The summed E-state index contributed by atoms with van der Waals surface area (Å²) >= 11 is 3.26. The average molecular weight is 245 g/mol. The Morgan fingerprint density at radius 2 is 2.38 bits per heavy atom. The van der Waals surface area contributed by atoms with Crippen LogP contribution in [-0.2, 0) is 4.79 Å². The minimum Gasteiger partial charge on any atom is -0.337 e. The van der Waals surface area contributed by atoms with Crippen LogP contribution in [0.25, 0.3) is 0 Å². The first kappa shape index (κ1) is 10.5. The molecule has 1 amide bonds. The molecule has 0 aromatic carbocycles. The molecule has 0 aliphatic heterocycles. The van der Waals surface area contributed by atoms with Gasteiger partial charge < -0.3 is 5.32 Å². The van der Waals surface area contributed by atoms with Crippen molar-refractivity contribution in [2.45, 2.75) is 43.0 Å². The number of rotatable bonds is 3. The van der Waals surface area contributed by atoms with Crippen LogP contribution in [0, 0.1) is 11.3 Å². The van der Waals surface area contributed by atoms with Gasteiger partial charge in [0.05, 0.1) is 10.9 Å². The molecule has 1 unspecified atom stereocenters. The Morgan fingerprint density at radius 3 is 2.69 bits per heavy atom. The molecule has 1 rings (SSSR count). The van der Waals surface area contributed by atoms with E-state index in [-0.39, 0.29) is 10.7 Å². The fraction of sp³-hybridized carbons (Fsp3) is 0.778. The molecule has 3 nitrogen and oxygen atoms in total. The van der Waals surface area contributed by atoms with Gasteiger partial charge in [-0.2, -0.15) is 5.26 Å². The second-order valence-corrected chi connectivity index (χ2v) is 4.52. The van der Waals surface area contributed by atoms with Gasteiger partial charge in [-0.15, -0.1) is 0 Å². The second-order valence-electron chi connectivity index (χ2n) is 3.41. The van der Waals surface area contributed by atoms with Crippen LogP contribution in [0.5, 0.6) is 0 Å². The van der Waals surface area contributed by atoms with E-state index >= 15 is 0 Å². The number of hydrogen-bond donors (Lipinski definition) is 1. The van der Waals surface area contributed by atoms with Gasteiger partial charge in [-0.1, -0.05) is 22.9 Å². The third-order valence-electron chi connectivity index (χ3n) is 2.43. The number of carbonyl (C=O) groups is 1. The fourth-order valence-corrected chi connectivity index (χ4v) is 1.41. The first-order valence-corrected chi connectivity index (χ1v) is 5.42. The smallest absolute Gasteiger partial charge is 0.235 e. The van der Waals surface area contributed by atoms with E-state index in [1.807, 2.05) is 6.92 Å². The zero-order valence-corrected chi connectivity index (χ0v) is 9.23. The molecule has 1 aliphatic rings. The van der Waals surface area contributed by atoms with E-state index in [4.69, 9.17) is 5.26 Å². The Kier molecular flexibility index (Phi) is 3.32. The highest BCUT2D eigenvalue weighted by Gasteiger charge is 2.39. The summed E-state index contributed by atoms with van der Waals surface area (Å²) in [4.78, 5) is 11.3. The van der Waals surface area contributed by atoms with Crippen LogP contribution in [0.2, 0.25) is 0 Å². The van der Waals surface area contributed by atoms with Crippen LogP contribution in [0.1, 0.15) is 32.6 Å². The number of amides is 1. The predicted molar refractivity (Wildman–Crippen MR) is 53.3 cm³/mol. The molecule has 1 aliphatic carbocycles. The van der Waals surface area contributed by atoms with E-state index in [1.165, 1.54) is 0 Å². The molecule has 0 aromatic rings. The van der Waals surface area contributed by atoms with E-state index in [0.717, 1.165) is 25.7 Å². The highest BCUT2D eigenvalue weighted by Crippen LogP contribution is 2.31. The van der Waals surface area contributed by atoms with Crippen molar-refractivity contribution < 1.29 is 4.79 Å². The molecule has 0 aromatic heterocycles. The number of nitriles is 1. The summed E-state index contributed by atoms with van der Waals surface area (Å²) in [6.07, 6.45) is 3.36. The maximum Gasteiger partial charge on any atom is 0.235 e. The summed E-state index contributed by atoms with van der Waals surface area (Å²) < 4.78 is 0. The van der Waals surface area contributed by atoms with E-state index < -0.39 is 5.54 Å². The Morgan fingerprint density at radius 1 is 1.77 bits per heavy atom. The molecule has 1 N–H and O–H groups in total. The lowest BCUT2D eigenvalue weighted by molar-refractivity contribution is -0.122. The van der Waals surface area contributed by atoms with Crippen LogP contribution in [0.3, 0.4) is 0 Å². The second kappa shape index (κ2) is 4.10. The highest BCUT2D eigenvalue weighted by atomic mass is 79.9. The SMILES string of the molecule is CCC(Br)C(=O)NC1(C#N)CCC1. The summed E-state index contributed by atoms with van der Waals surface area (Å²) in [6, 6.07) is 2.17. The largest absolute Gasteiger partial charge is 0.337 e. The molecule has 0 bridgehead atoms. The molecular weight excluding hydrogens is 232 g/mol. The van der Waals surface area contributed by atoms with Gasteiger partial charge in [0.2, 0.25) is 5.91 Å². The van der Waals surface area contributed by atoms with E-state index in [2.05, 4.69) is 27.3 Å². The van der Waals surface area contributed by atoms with Crippen molar-refractivity contribution in [1.82, 2.24) is 5.32 Å². The van der Waals surface area contributed by atoms with E-state index in [0.29, 0.717) is 0 Å². The Balaban J connectivity index is 2.48. The van der Waals surface area contributed by atoms with Crippen molar-refractivity contribution in [1.29, 1.82) is 5.26 Å². The van der Waals surface area contributed by atoms with Crippen molar-refractivity contribution in [3.05, 3.63) is 0 Å². The molecule has 1 saturated carbocycles. The molecular formula is C9H13BrN2O. The number of halogens is 1. The third-order valence-corrected chi connectivity index (χ3v) is 3.49. The lowest BCUT2D eigenvalue weighted by Crippen LogP contribution is -2.54. The lowest BCUT2D eigenvalue weighted by Gasteiger charge is -2.36. The van der Waals surface area contributed by atoms with Crippen LogP contribution in [-0.4, -0.2) is 16.3 Å².